The highest BCUT2D eigenvalue weighted by Gasteiger charge is 2.13. The molecule has 8 nitrogen and oxygen atoms in total. The molecule has 1 atom stereocenters. The van der Waals surface area contributed by atoms with Crippen molar-refractivity contribution >= 4 is 40.5 Å². The fourth-order valence-corrected chi connectivity index (χ4v) is 4.16. The van der Waals surface area contributed by atoms with Crippen molar-refractivity contribution in [3.8, 4) is 0 Å². The third kappa shape index (κ3) is 7.26. The van der Waals surface area contributed by atoms with Crippen LogP contribution in [0.4, 0.5) is 22.7 Å². The molecule has 0 bridgehead atoms. The average molecular weight is 557 g/mol. The number of benzene rings is 5. The molecule has 8 heteroatoms. The van der Waals surface area contributed by atoms with Gasteiger partial charge in [0.2, 0.25) is 0 Å². The highest BCUT2D eigenvalue weighted by molar-refractivity contribution is 6.09. The number of carbonyl (C=O) groups excluding carboxylic acids is 3. The topological polar surface area (TPSA) is 120 Å². The number of nitrogens with one attached hydrogen (secondary N) is 4. The molecule has 0 radical (unpaired) electrons. The lowest BCUT2D eigenvalue weighted by molar-refractivity contribution is 0.101. The van der Waals surface area contributed by atoms with E-state index in [-0.39, 0.29) is 17.7 Å². The summed E-state index contributed by atoms with van der Waals surface area (Å²) in [5.41, 5.74) is 4.32. The molecule has 0 saturated carbocycles. The minimum absolute atomic E-state index is 0.225. The third-order valence-electron chi connectivity index (χ3n) is 6.39. The van der Waals surface area contributed by atoms with Crippen LogP contribution < -0.4 is 21.3 Å². The van der Waals surface area contributed by atoms with Crippen LogP contribution in [-0.4, -0.2) is 22.8 Å². The van der Waals surface area contributed by atoms with E-state index in [0.29, 0.717) is 39.4 Å². The van der Waals surface area contributed by atoms with Gasteiger partial charge in [-0.1, -0.05) is 54.6 Å². The molecule has 5 aromatic rings. The number of amides is 3. The molecular weight excluding hydrogens is 528 g/mol. The van der Waals surface area contributed by atoms with E-state index in [1.165, 1.54) is 6.07 Å². The molecule has 5 aromatic carbocycles. The second-order valence-corrected chi connectivity index (χ2v) is 9.42. The Bertz CT molecular complexity index is 1670. The van der Waals surface area contributed by atoms with Gasteiger partial charge in [0.25, 0.3) is 17.7 Å². The van der Waals surface area contributed by atoms with Gasteiger partial charge < -0.3 is 26.4 Å². The molecule has 0 saturated heterocycles. The first-order valence-corrected chi connectivity index (χ1v) is 13.2. The van der Waals surface area contributed by atoms with E-state index in [1.807, 2.05) is 36.4 Å². The summed E-state index contributed by atoms with van der Waals surface area (Å²) in [6.45, 7) is 0. The third-order valence-corrected chi connectivity index (χ3v) is 6.39. The van der Waals surface area contributed by atoms with E-state index in [2.05, 4.69) is 21.3 Å². The molecule has 0 aliphatic carbocycles. The van der Waals surface area contributed by atoms with Gasteiger partial charge in [-0.15, -0.1) is 0 Å². The Morgan fingerprint density at radius 2 is 0.833 bits per heavy atom. The smallest absolute Gasteiger partial charge is 0.255 e. The summed E-state index contributed by atoms with van der Waals surface area (Å²) in [5, 5.41) is 21.8. The highest BCUT2D eigenvalue weighted by Crippen LogP contribution is 2.21. The predicted octanol–water partition coefficient (Wildman–Crippen LogP) is 6.55. The van der Waals surface area contributed by atoms with Crippen molar-refractivity contribution < 1.29 is 19.5 Å². The molecule has 1 unspecified atom stereocenters. The Morgan fingerprint density at radius 1 is 0.452 bits per heavy atom. The van der Waals surface area contributed by atoms with Gasteiger partial charge >= 0.3 is 0 Å². The quantitative estimate of drug-likeness (QED) is 0.132. The van der Waals surface area contributed by atoms with Crippen molar-refractivity contribution in [3.63, 3.8) is 0 Å². The number of hydrogen-bond donors (Lipinski definition) is 5. The van der Waals surface area contributed by atoms with Crippen molar-refractivity contribution in [1.82, 2.24) is 0 Å². The van der Waals surface area contributed by atoms with Crippen LogP contribution in [0.1, 0.15) is 42.9 Å². The fraction of sp³-hybridized carbons (Fsp3) is 0.0294. The Labute approximate surface area is 243 Å². The number of carbonyl (C=O) groups is 3. The van der Waals surface area contributed by atoms with E-state index in [1.54, 1.807) is 91.0 Å². The zero-order valence-corrected chi connectivity index (χ0v) is 22.5. The van der Waals surface area contributed by atoms with Crippen LogP contribution >= 0.6 is 0 Å². The molecular formula is C34H28N4O4. The molecule has 0 spiro atoms. The fourth-order valence-electron chi connectivity index (χ4n) is 4.16. The standard InChI is InChI=1S/C34H28N4O4/c39-31(23-8-3-1-4-9-23)35-27-14-18-29(19-15-27)37-33(41)25-12-7-13-26(22-25)34(42)38-30-20-16-28(17-21-30)36-32(40)24-10-5-2-6-11-24/h1-22,31,35,39H,(H,36,40)(H,37,41)(H,38,42). The maximum absolute atomic E-state index is 12.9. The number of rotatable bonds is 9. The molecule has 5 rings (SSSR count). The van der Waals surface area contributed by atoms with Crippen molar-refractivity contribution in [1.29, 1.82) is 0 Å². The molecule has 0 aliphatic heterocycles. The van der Waals surface area contributed by atoms with E-state index in [0.717, 1.165) is 5.56 Å². The normalized spacial score (nSPS) is 11.2. The lowest BCUT2D eigenvalue weighted by atomic mass is 10.1. The van der Waals surface area contributed by atoms with E-state index >= 15 is 0 Å². The van der Waals surface area contributed by atoms with Gasteiger partial charge in [0, 0.05) is 45.0 Å². The summed E-state index contributed by atoms with van der Waals surface area (Å²) < 4.78 is 0. The largest absolute Gasteiger partial charge is 0.369 e. The van der Waals surface area contributed by atoms with E-state index < -0.39 is 6.23 Å². The molecule has 5 N–H and O–H groups in total. The average Bonchev–Trinajstić information content (AvgIpc) is 3.03. The Kier molecular flexibility index (Phi) is 8.67. The Balaban J connectivity index is 1.16. The van der Waals surface area contributed by atoms with Crippen molar-refractivity contribution in [3.05, 3.63) is 156 Å². The maximum atomic E-state index is 12.9. The molecule has 0 heterocycles. The van der Waals surface area contributed by atoms with Crippen LogP contribution in [0.15, 0.2) is 133 Å². The first-order valence-electron chi connectivity index (χ1n) is 13.2. The van der Waals surface area contributed by atoms with Crippen LogP contribution in [0.3, 0.4) is 0 Å². The van der Waals surface area contributed by atoms with Crippen molar-refractivity contribution in [2.24, 2.45) is 0 Å². The van der Waals surface area contributed by atoms with Crippen LogP contribution in [0.25, 0.3) is 0 Å². The summed E-state index contributed by atoms with van der Waals surface area (Å²) in [5.74, 6) is -0.969. The molecule has 0 aromatic heterocycles. The molecule has 42 heavy (non-hydrogen) atoms. The summed E-state index contributed by atoms with van der Waals surface area (Å²) in [7, 11) is 0. The monoisotopic (exact) mass is 556 g/mol. The van der Waals surface area contributed by atoms with Gasteiger partial charge in [0.1, 0.15) is 0 Å². The summed E-state index contributed by atoms with van der Waals surface area (Å²) >= 11 is 0. The number of anilines is 4. The Hall–Kier alpha value is -5.73. The first kappa shape index (κ1) is 27.8. The predicted molar refractivity (Wildman–Crippen MR) is 165 cm³/mol. The molecule has 0 fully saturated rings. The van der Waals surface area contributed by atoms with Gasteiger partial charge in [-0.2, -0.15) is 0 Å². The lowest BCUT2D eigenvalue weighted by Crippen LogP contribution is -2.16. The minimum Gasteiger partial charge on any atom is -0.369 e. The molecule has 208 valence electrons. The zero-order valence-electron chi connectivity index (χ0n) is 22.5. The Morgan fingerprint density at radius 3 is 1.31 bits per heavy atom. The number of aliphatic hydroxyl groups excluding tert-OH is 1. The lowest BCUT2D eigenvalue weighted by Gasteiger charge is -2.15. The van der Waals surface area contributed by atoms with Crippen LogP contribution in [0, 0.1) is 0 Å². The van der Waals surface area contributed by atoms with E-state index in [9.17, 15) is 19.5 Å². The van der Waals surface area contributed by atoms with E-state index in [4.69, 9.17) is 0 Å². The minimum atomic E-state index is -0.862. The van der Waals surface area contributed by atoms with Gasteiger partial charge in [0.15, 0.2) is 6.23 Å². The molecule has 0 aliphatic rings. The second kappa shape index (κ2) is 13.1. The van der Waals surface area contributed by atoms with Gasteiger partial charge in [0.05, 0.1) is 0 Å². The van der Waals surface area contributed by atoms with Gasteiger partial charge in [-0.25, -0.2) is 0 Å². The number of hydrogen-bond acceptors (Lipinski definition) is 5. The van der Waals surface area contributed by atoms with Crippen molar-refractivity contribution in [2.75, 3.05) is 21.3 Å². The van der Waals surface area contributed by atoms with Crippen LogP contribution in [-0.2, 0) is 0 Å². The van der Waals surface area contributed by atoms with Crippen LogP contribution in [0.5, 0.6) is 0 Å². The maximum Gasteiger partial charge on any atom is 0.255 e. The SMILES string of the molecule is O=C(Nc1ccc(NC(=O)c2cccc(C(=O)Nc3ccc(NC(O)c4ccccc4)cc3)c2)cc1)c1ccccc1. The van der Waals surface area contributed by atoms with Gasteiger partial charge in [-0.3, -0.25) is 14.4 Å². The summed E-state index contributed by atoms with van der Waals surface area (Å²) in [4.78, 5) is 38.1. The summed E-state index contributed by atoms with van der Waals surface area (Å²) in [6, 6.07) is 38.3. The zero-order chi connectivity index (χ0) is 29.3. The highest BCUT2D eigenvalue weighted by atomic mass is 16.3. The number of aliphatic hydroxyl groups is 1. The van der Waals surface area contributed by atoms with Gasteiger partial charge in [-0.05, 0) is 78.9 Å². The first-order chi connectivity index (χ1) is 20.4. The van der Waals surface area contributed by atoms with Crippen LogP contribution in [0.2, 0.25) is 0 Å². The summed E-state index contributed by atoms with van der Waals surface area (Å²) in [6.07, 6.45) is -0.862. The second-order valence-electron chi connectivity index (χ2n) is 9.42. The molecule has 3 amide bonds. The van der Waals surface area contributed by atoms with Crippen molar-refractivity contribution in [2.45, 2.75) is 6.23 Å².